The number of rotatable bonds is 10. The molecular weight excluding hydrogens is 256 g/mol. The van der Waals surface area contributed by atoms with E-state index in [0.717, 1.165) is 31.3 Å². The standard InChI is InChI=1S/C15H28O3Si/c1-6-14(12-16)15(18-19(3,4)5)11-9-7-8-10-13(2)17/h15H,6-11H2,1-5H3. The van der Waals surface area contributed by atoms with Crippen LogP contribution < -0.4 is 0 Å². The maximum atomic E-state index is 11.0. The fourth-order valence-electron chi connectivity index (χ4n) is 1.98. The van der Waals surface area contributed by atoms with E-state index in [4.69, 9.17) is 4.43 Å². The predicted molar refractivity (Wildman–Crippen MR) is 81.5 cm³/mol. The molecule has 4 heteroatoms. The number of carbonyl (C=O) groups is 1. The lowest BCUT2D eigenvalue weighted by Crippen LogP contribution is -2.33. The van der Waals surface area contributed by atoms with Crippen molar-refractivity contribution in [1.29, 1.82) is 0 Å². The zero-order chi connectivity index (χ0) is 14.9. The van der Waals surface area contributed by atoms with Crippen molar-refractivity contribution < 1.29 is 14.0 Å². The van der Waals surface area contributed by atoms with Crippen LogP contribution >= 0.6 is 0 Å². The van der Waals surface area contributed by atoms with Gasteiger partial charge in [0, 0.05) is 12.0 Å². The Kier molecular flexibility index (Phi) is 8.90. The first-order valence-electron chi connectivity index (χ1n) is 7.21. The van der Waals surface area contributed by atoms with E-state index in [1.165, 1.54) is 0 Å². The Morgan fingerprint density at radius 2 is 1.84 bits per heavy atom. The fraction of sp³-hybridized carbons (Fsp3) is 0.800. The summed E-state index contributed by atoms with van der Waals surface area (Å²) in [5.41, 5.74) is 0.744. The summed E-state index contributed by atoms with van der Waals surface area (Å²) in [5.74, 6) is 2.29. The van der Waals surface area contributed by atoms with Crippen molar-refractivity contribution >= 4 is 20.0 Å². The highest BCUT2D eigenvalue weighted by molar-refractivity contribution is 6.69. The van der Waals surface area contributed by atoms with Gasteiger partial charge in [-0.15, -0.1) is 0 Å². The molecular formula is C15H28O3Si. The average Bonchev–Trinajstić information content (AvgIpc) is 2.27. The van der Waals surface area contributed by atoms with Crippen LogP contribution in [0.4, 0.5) is 0 Å². The van der Waals surface area contributed by atoms with Crippen molar-refractivity contribution in [2.75, 3.05) is 0 Å². The fourth-order valence-corrected chi connectivity index (χ4v) is 3.09. The number of unbranched alkanes of at least 4 members (excludes halogenated alkanes) is 2. The van der Waals surface area contributed by atoms with E-state index >= 15 is 0 Å². The van der Waals surface area contributed by atoms with E-state index < -0.39 is 8.32 Å². The number of ketones is 1. The van der Waals surface area contributed by atoms with Gasteiger partial charge in [0.05, 0.1) is 6.10 Å². The summed E-state index contributed by atoms with van der Waals surface area (Å²) >= 11 is 0. The molecule has 0 saturated carbocycles. The molecule has 0 saturated heterocycles. The third-order valence-corrected chi connectivity index (χ3v) is 3.88. The molecule has 0 aromatic rings. The minimum atomic E-state index is -1.66. The topological polar surface area (TPSA) is 43.4 Å². The average molecular weight is 284 g/mol. The first-order chi connectivity index (χ1) is 8.80. The van der Waals surface area contributed by atoms with E-state index in [1.807, 2.05) is 12.9 Å². The predicted octanol–water partition coefficient (Wildman–Crippen LogP) is 3.91. The highest BCUT2D eigenvalue weighted by Crippen LogP contribution is 2.20. The molecule has 0 fully saturated rings. The molecule has 0 heterocycles. The summed E-state index contributed by atoms with van der Waals surface area (Å²) < 4.78 is 6.08. The number of hydrogen-bond acceptors (Lipinski definition) is 3. The van der Waals surface area contributed by atoms with Gasteiger partial charge < -0.3 is 9.22 Å². The van der Waals surface area contributed by atoms with Gasteiger partial charge in [-0.1, -0.05) is 19.8 Å². The summed E-state index contributed by atoms with van der Waals surface area (Å²) in [4.78, 5) is 21.8. The summed E-state index contributed by atoms with van der Waals surface area (Å²) in [6.07, 6.45) is 5.08. The van der Waals surface area contributed by atoms with Gasteiger partial charge in [-0.2, -0.15) is 0 Å². The molecule has 0 aromatic heterocycles. The van der Waals surface area contributed by atoms with Gasteiger partial charge in [-0.25, -0.2) is 4.79 Å². The molecule has 1 unspecified atom stereocenters. The monoisotopic (exact) mass is 284 g/mol. The third-order valence-electron chi connectivity index (χ3n) is 2.89. The Morgan fingerprint density at radius 3 is 2.26 bits per heavy atom. The van der Waals surface area contributed by atoms with Gasteiger partial charge in [0.15, 0.2) is 8.32 Å². The first kappa shape index (κ1) is 18.3. The zero-order valence-electron chi connectivity index (χ0n) is 13.0. The quantitative estimate of drug-likeness (QED) is 0.347. The van der Waals surface area contributed by atoms with Gasteiger partial charge in [0.2, 0.25) is 0 Å². The molecule has 19 heavy (non-hydrogen) atoms. The number of Topliss-reactive ketones (excluding diaryl/α,β-unsaturated/α-hetero) is 1. The zero-order valence-corrected chi connectivity index (χ0v) is 14.0. The van der Waals surface area contributed by atoms with Crippen LogP contribution in [-0.2, 0) is 14.0 Å². The molecule has 0 aliphatic heterocycles. The van der Waals surface area contributed by atoms with Crippen LogP contribution in [0.2, 0.25) is 19.6 Å². The van der Waals surface area contributed by atoms with Gasteiger partial charge in [-0.3, -0.25) is 0 Å². The molecule has 0 aromatic carbocycles. The normalized spacial score (nSPS) is 12.9. The molecule has 0 amide bonds. The van der Waals surface area contributed by atoms with Crippen LogP contribution in [0, 0.1) is 0 Å². The minimum Gasteiger partial charge on any atom is -0.410 e. The molecule has 0 N–H and O–H groups in total. The highest BCUT2D eigenvalue weighted by Gasteiger charge is 2.23. The Morgan fingerprint density at radius 1 is 1.21 bits per heavy atom. The van der Waals surface area contributed by atoms with E-state index in [2.05, 4.69) is 19.6 Å². The van der Waals surface area contributed by atoms with Crippen LogP contribution in [0.1, 0.15) is 52.4 Å². The van der Waals surface area contributed by atoms with Crippen LogP contribution in [-0.4, -0.2) is 26.1 Å². The number of hydrogen-bond donors (Lipinski definition) is 0. The van der Waals surface area contributed by atoms with Crippen LogP contribution in [0.15, 0.2) is 5.57 Å². The maximum absolute atomic E-state index is 11.0. The van der Waals surface area contributed by atoms with Crippen molar-refractivity contribution in [2.45, 2.75) is 78.1 Å². The lowest BCUT2D eigenvalue weighted by molar-refractivity contribution is -0.117. The van der Waals surface area contributed by atoms with E-state index in [0.29, 0.717) is 12.8 Å². The van der Waals surface area contributed by atoms with E-state index in [9.17, 15) is 9.59 Å². The van der Waals surface area contributed by atoms with Crippen LogP contribution in [0.25, 0.3) is 0 Å². The summed E-state index contributed by atoms with van der Waals surface area (Å²) in [7, 11) is -1.66. The number of carbonyl (C=O) groups excluding carboxylic acids is 2. The molecule has 110 valence electrons. The second-order valence-electron chi connectivity index (χ2n) is 6.00. The molecule has 1 atom stereocenters. The summed E-state index contributed by atoms with van der Waals surface area (Å²) in [6, 6.07) is 0. The van der Waals surface area contributed by atoms with Gasteiger partial charge >= 0.3 is 0 Å². The van der Waals surface area contributed by atoms with Crippen molar-refractivity contribution in [1.82, 2.24) is 0 Å². The van der Waals surface area contributed by atoms with Gasteiger partial charge in [0.25, 0.3) is 0 Å². The molecule has 0 spiro atoms. The van der Waals surface area contributed by atoms with E-state index in [1.54, 1.807) is 6.92 Å². The SMILES string of the molecule is CCC(=C=O)C(CCCCCC(C)=O)O[Si](C)(C)C. The molecule has 3 nitrogen and oxygen atoms in total. The maximum Gasteiger partial charge on any atom is 0.184 e. The largest absolute Gasteiger partial charge is 0.410 e. The lowest BCUT2D eigenvalue weighted by atomic mass is 10.0. The van der Waals surface area contributed by atoms with Gasteiger partial charge in [0.1, 0.15) is 11.7 Å². The molecule has 0 radical (unpaired) electrons. The Labute approximate surface area is 118 Å². The second-order valence-corrected chi connectivity index (χ2v) is 10.5. The molecule has 0 rings (SSSR count). The Bertz CT molecular complexity index is 325. The smallest absolute Gasteiger partial charge is 0.184 e. The van der Waals surface area contributed by atoms with Gasteiger partial charge in [-0.05, 0) is 45.8 Å². The van der Waals surface area contributed by atoms with Crippen LogP contribution in [0.5, 0.6) is 0 Å². The van der Waals surface area contributed by atoms with Crippen LogP contribution in [0.3, 0.4) is 0 Å². The Balaban J connectivity index is 4.28. The van der Waals surface area contributed by atoms with Crippen molar-refractivity contribution in [3.05, 3.63) is 5.57 Å². The summed E-state index contributed by atoms with van der Waals surface area (Å²) in [5, 5.41) is 0. The van der Waals surface area contributed by atoms with Crippen molar-refractivity contribution in [3.8, 4) is 0 Å². The highest BCUT2D eigenvalue weighted by atomic mass is 28.4. The van der Waals surface area contributed by atoms with Crippen molar-refractivity contribution in [3.63, 3.8) is 0 Å². The lowest BCUT2D eigenvalue weighted by Gasteiger charge is -2.26. The molecule has 0 aliphatic rings. The third kappa shape index (κ3) is 9.82. The molecule has 0 aliphatic carbocycles. The van der Waals surface area contributed by atoms with Crippen molar-refractivity contribution in [2.24, 2.45) is 0 Å². The minimum absolute atomic E-state index is 0.0773. The first-order valence-corrected chi connectivity index (χ1v) is 10.6. The second kappa shape index (κ2) is 9.24. The summed E-state index contributed by atoms with van der Waals surface area (Å²) in [6.45, 7) is 9.99. The van der Waals surface area contributed by atoms with E-state index in [-0.39, 0.29) is 11.9 Å². The Hall–Kier alpha value is -0.703. The molecule has 0 bridgehead atoms.